The third kappa shape index (κ3) is 5.36. The van der Waals surface area contributed by atoms with E-state index in [0.29, 0.717) is 0 Å². The Bertz CT molecular complexity index is 356. The lowest BCUT2D eigenvalue weighted by molar-refractivity contribution is -0.136. The number of carbonyl (C=O) groups excluding carboxylic acids is 1. The number of allylic oxidation sites excluding steroid dienone is 1. The number of nitrogens with zero attached hydrogens (tertiary/aromatic N) is 3. The zero-order valence-corrected chi connectivity index (χ0v) is 11.8. The molecule has 1 fully saturated rings. The first-order valence-electron chi connectivity index (χ1n) is 6.44. The first kappa shape index (κ1) is 15.6. The van der Waals surface area contributed by atoms with E-state index in [4.69, 9.17) is 4.74 Å². The van der Waals surface area contributed by atoms with Gasteiger partial charge in [-0.05, 0) is 11.6 Å². The molecule has 5 nitrogen and oxygen atoms in total. The molecule has 1 saturated heterocycles. The zero-order chi connectivity index (χ0) is 14.1. The second-order valence-electron chi connectivity index (χ2n) is 4.44. The molecule has 5 heteroatoms. The van der Waals surface area contributed by atoms with Gasteiger partial charge >= 0.3 is 0 Å². The molecule has 0 atom stereocenters. The molecule has 19 heavy (non-hydrogen) atoms. The van der Waals surface area contributed by atoms with Gasteiger partial charge in [0.15, 0.2) is 0 Å². The van der Waals surface area contributed by atoms with Gasteiger partial charge in [0.2, 0.25) is 5.91 Å². The Balaban J connectivity index is 2.41. The van der Waals surface area contributed by atoms with Gasteiger partial charge in [-0.25, -0.2) is 0 Å². The monoisotopic (exact) mass is 265 g/mol. The van der Waals surface area contributed by atoms with Crippen molar-refractivity contribution in [2.45, 2.75) is 0 Å². The Hall–Kier alpha value is -1.46. The van der Waals surface area contributed by atoms with Crippen molar-refractivity contribution in [3.63, 3.8) is 0 Å². The standard InChI is InChI=1S/C14H23N3O2/c1-4-13(5-6-15-2)11-16-7-9-17(10-8-16)14(18)12-19-3/h4-6H,1,7-12H2,2-3H3/b13-5+,15-6-. The summed E-state index contributed by atoms with van der Waals surface area (Å²) in [5, 5.41) is 0. The van der Waals surface area contributed by atoms with Gasteiger partial charge in [0.1, 0.15) is 6.61 Å². The minimum atomic E-state index is 0.0692. The average Bonchev–Trinajstić information content (AvgIpc) is 2.44. The fraction of sp³-hybridized carbons (Fsp3) is 0.571. The largest absolute Gasteiger partial charge is 0.375 e. The van der Waals surface area contributed by atoms with Crippen LogP contribution < -0.4 is 0 Å². The van der Waals surface area contributed by atoms with E-state index < -0.39 is 0 Å². The number of hydrogen-bond acceptors (Lipinski definition) is 4. The molecule has 0 radical (unpaired) electrons. The highest BCUT2D eigenvalue weighted by atomic mass is 16.5. The van der Waals surface area contributed by atoms with E-state index in [2.05, 4.69) is 16.5 Å². The summed E-state index contributed by atoms with van der Waals surface area (Å²) in [6.07, 6.45) is 5.59. The van der Waals surface area contributed by atoms with Crippen LogP contribution in [0.25, 0.3) is 0 Å². The van der Waals surface area contributed by atoms with E-state index in [1.165, 1.54) is 0 Å². The molecule has 1 aliphatic heterocycles. The smallest absolute Gasteiger partial charge is 0.248 e. The Morgan fingerprint density at radius 2 is 2.05 bits per heavy atom. The van der Waals surface area contributed by atoms with E-state index in [9.17, 15) is 4.79 Å². The van der Waals surface area contributed by atoms with Crippen molar-refractivity contribution in [2.24, 2.45) is 4.99 Å². The third-order valence-corrected chi connectivity index (χ3v) is 3.10. The van der Waals surface area contributed by atoms with Crippen LogP contribution in [-0.4, -0.2) is 75.4 Å². The van der Waals surface area contributed by atoms with E-state index in [1.54, 1.807) is 20.4 Å². The summed E-state index contributed by atoms with van der Waals surface area (Å²) in [7, 11) is 3.29. The molecule has 0 aromatic rings. The lowest BCUT2D eigenvalue weighted by Gasteiger charge is -2.34. The van der Waals surface area contributed by atoms with Crippen molar-refractivity contribution in [1.82, 2.24) is 9.80 Å². The van der Waals surface area contributed by atoms with Crippen molar-refractivity contribution in [3.8, 4) is 0 Å². The Labute approximate surface area is 115 Å². The van der Waals surface area contributed by atoms with Gasteiger partial charge in [0.25, 0.3) is 0 Å². The number of methoxy groups -OCH3 is 1. The van der Waals surface area contributed by atoms with Crippen molar-refractivity contribution in [2.75, 3.05) is 53.5 Å². The van der Waals surface area contributed by atoms with Crippen molar-refractivity contribution < 1.29 is 9.53 Å². The summed E-state index contributed by atoms with van der Waals surface area (Å²) >= 11 is 0. The zero-order valence-electron chi connectivity index (χ0n) is 11.8. The summed E-state index contributed by atoms with van der Waals surface area (Å²) in [5.74, 6) is 0.0692. The van der Waals surface area contributed by atoms with Crippen molar-refractivity contribution in [1.29, 1.82) is 0 Å². The highest BCUT2D eigenvalue weighted by Crippen LogP contribution is 2.06. The van der Waals surface area contributed by atoms with Gasteiger partial charge in [-0.15, -0.1) is 0 Å². The Morgan fingerprint density at radius 1 is 1.37 bits per heavy atom. The van der Waals surface area contributed by atoms with Crippen LogP contribution in [0.2, 0.25) is 0 Å². The molecule has 1 rings (SSSR count). The molecule has 0 bridgehead atoms. The summed E-state index contributed by atoms with van der Waals surface area (Å²) < 4.78 is 4.87. The minimum Gasteiger partial charge on any atom is -0.375 e. The SMILES string of the molecule is C=C/C(=C\C=N/C)CN1CCN(C(=O)COC)CC1. The normalized spacial score (nSPS) is 18.0. The quantitative estimate of drug-likeness (QED) is 0.521. The van der Waals surface area contributed by atoms with Crippen molar-refractivity contribution in [3.05, 3.63) is 24.3 Å². The van der Waals surface area contributed by atoms with Gasteiger partial charge in [0, 0.05) is 53.1 Å². The lowest BCUT2D eigenvalue weighted by atomic mass is 10.2. The maximum absolute atomic E-state index is 11.7. The Morgan fingerprint density at radius 3 is 2.58 bits per heavy atom. The molecule has 0 N–H and O–H groups in total. The predicted molar refractivity (Wildman–Crippen MR) is 77.6 cm³/mol. The van der Waals surface area contributed by atoms with E-state index in [1.807, 2.05) is 17.1 Å². The molecule has 0 spiro atoms. The number of hydrogen-bond donors (Lipinski definition) is 0. The summed E-state index contributed by atoms with van der Waals surface area (Å²) in [4.78, 5) is 19.8. The molecular weight excluding hydrogens is 242 g/mol. The van der Waals surface area contributed by atoms with Gasteiger partial charge < -0.3 is 9.64 Å². The number of ether oxygens (including phenoxy) is 1. The fourth-order valence-electron chi connectivity index (χ4n) is 1.98. The first-order chi connectivity index (χ1) is 9.21. The minimum absolute atomic E-state index is 0.0692. The average molecular weight is 265 g/mol. The van der Waals surface area contributed by atoms with Gasteiger partial charge in [-0.3, -0.25) is 14.7 Å². The summed E-state index contributed by atoms with van der Waals surface area (Å²) in [5.41, 5.74) is 1.14. The maximum atomic E-state index is 11.7. The van der Waals surface area contributed by atoms with Gasteiger partial charge in [-0.1, -0.05) is 12.7 Å². The third-order valence-electron chi connectivity index (χ3n) is 3.10. The van der Waals surface area contributed by atoms with Crippen LogP contribution in [0.4, 0.5) is 0 Å². The molecule has 1 heterocycles. The predicted octanol–water partition coefficient (Wildman–Crippen LogP) is 0.590. The van der Waals surface area contributed by atoms with E-state index >= 15 is 0 Å². The number of rotatable bonds is 6. The van der Waals surface area contributed by atoms with Crippen LogP contribution in [0, 0.1) is 0 Å². The maximum Gasteiger partial charge on any atom is 0.248 e. The lowest BCUT2D eigenvalue weighted by Crippen LogP contribution is -2.49. The topological polar surface area (TPSA) is 45.1 Å². The molecule has 1 amide bonds. The van der Waals surface area contributed by atoms with Crippen LogP contribution in [0.15, 0.2) is 29.3 Å². The Kier molecular flexibility index (Phi) is 7.07. The molecule has 0 unspecified atom stereocenters. The highest BCUT2D eigenvalue weighted by molar-refractivity contribution is 5.77. The number of carbonyl (C=O) groups is 1. The molecule has 1 aliphatic rings. The van der Waals surface area contributed by atoms with Crippen LogP contribution >= 0.6 is 0 Å². The van der Waals surface area contributed by atoms with Crippen LogP contribution in [0.5, 0.6) is 0 Å². The van der Waals surface area contributed by atoms with Gasteiger partial charge in [0.05, 0.1) is 0 Å². The molecule has 0 aliphatic carbocycles. The number of piperazine rings is 1. The van der Waals surface area contributed by atoms with Crippen LogP contribution in [0.3, 0.4) is 0 Å². The van der Waals surface area contributed by atoms with Crippen LogP contribution in [0.1, 0.15) is 0 Å². The van der Waals surface area contributed by atoms with Gasteiger partial charge in [-0.2, -0.15) is 0 Å². The van der Waals surface area contributed by atoms with Crippen LogP contribution in [-0.2, 0) is 9.53 Å². The summed E-state index contributed by atoms with van der Waals surface area (Å²) in [6, 6.07) is 0. The van der Waals surface area contributed by atoms with E-state index in [0.717, 1.165) is 38.3 Å². The van der Waals surface area contributed by atoms with E-state index in [-0.39, 0.29) is 12.5 Å². The molecule has 0 aromatic heterocycles. The molecule has 0 saturated carbocycles. The molecule has 0 aromatic carbocycles. The summed E-state index contributed by atoms with van der Waals surface area (Å²) in [6.45, 7) is 8.10. The number of aliphatic imine (C=N–C) groups is 1. The molecule has 106 valence electrons. The van der Waals surface area contributed by atoms with Crippen molar-refractivity contribution >= 4 is 12.1 Å². The number of amides is 1. The fourth-order valence-corrected chi connectivity index (χ4v) is 1.98. The molecular formula is C14H23N3O2. The second-order valence-corrected chi connectivity index (χ2v) is 4.44. The second kappa shape index (κ2) is 8.61. The first-order valence-corrected chi connectivity index (χ1v) is 6.44. The highest BCUT2D eigenvalue weighted by Gasteiger charge is 2.20.